The van der Waals surface area contributed by atoms with Gasteiger partial charge >= 0.3 is 11.9 Å². The number of halogens is 3. The van der Waals surface area contributed by atoms with Crippen LogP contribution in [0.3, 0.4) is 0 Å². The van der Waals surface area contributed by atoms with E-state index in [0.29, 0.717) is 37.4 Å². The Morgan fingerprint density at radius 2 is 2.00 bits per heavy atom. The molecule has 2 aromatic heterocycles. The van der Waals surface area contributed by atoms with Crippen LogP contribution in [0.5, 0.6) is 0 Å². The molecule has 0 amide bonds. The topological polar surface area (TPSA) is 87.9 Å². The Labute approximate surface area is 134 Å². The molecule has 1 fully saturated rings. The van der Waals surface area contributed by atoms with Crippen molar-refractivity contribution >= 4 is 11.4 Å². The Hall–Kier alpha value is -2.65. The number of piperidine rings is 1. The highest BCUT2D eigenvalue weighted by Gasteiger charge is 2.34. The normalized spacial score (nSPS) is 16.4. The standard InChI is InChI=1S/C14H14F3N5O2/c15-14(16,17)12-8-19-13(20-12)9-2-5-21(6-3-9)10-1-4-18-7-11(10)22(23)24/h1,4,7-9H,2-3,5-6H2,(H,19,20). The van der Waals surface area contributed by atoms with E-state index >= 15 is 0 Å². The Bertz CT molecular complexity index is 738. The summed E-state index contributed by atoms with van der Waals surface area (Å²) < 4.78 is 37.9. The van der Waals surface area contributed by atoms with Gasteiger partial charge in [0.05, 0.1) is 11.1 Å². The van der Waals surface area contributed by atoms with Crippen LogP contribution in [-0.4, -0.2) is 33.0 Å². The van der Waals surface area contributed by atoms with E-state index in [4.69, 9.17) is 0 Å². The molecule has 1 aliphatic rings. The lowest BCUT2D eigenvalue weighted by Crippen LogP contribution is -2.33. The maximum absolute atomic E-state index is 12.6. The monoisotopic (exact) mass is 341 g/mol. The highest BCUT2D eigenvalue weighted by molar-refractivity contribution is 5.61. The largest absolute Gasteiger partial charge is 0.432 e. The summed E-state index contributed by atoms with van der Waals surface area (Å²) in [4.78, 5) is 22.4. The SMILES string of the molecule is O=[N+]([O-])c1cnccc1N1CCC(c2ncc(C(F)(F)F)[nH]2)CC1. The van der Waals surface area contributed by atoms with Gasteiger partial charge in [-0.05, 0) is 18.9 Å². The molecule has 1 saturated heterocycles. The summed E-state index contributed by atoms with van der Waals surface area (Å²) in [5.41, 5.74) is -0.457. The third kappa shape index (κ3) is 3.17. The number of anilines is 1. The van der Waals surface area contributed by atoms with Crippen LogP contribution in [0.25, 0.3) is 0 Å². The van der Waals surface area contributed by atoms with E-state index in [1.807, 2.05) is 4.90 Å². The van der Waals surface area contributed by atoms with Crippen molar-refractivity contribution in [2.45, 2.75) is 24.9 Å². The number of nitrogens with zero attached hydrogens (tertiary/aromatic N) is 4. The fraction of sp³-hybridized carbons (Fsp3) is 0.429. The lowest BCUT2D eigenvalue weighted by molar-refractivity contribution is -0.384. The molecule has 7 nitrogen and oxygen atoms in total. The number of nitrogens with one attached hydrogen (secondary N) is 1. The van der Waals surface area contributed by atoms with Crippen molar-refractivity contribution in [1.29, 1.82) is 0 Å². The van der Waals surface area contributed by atoms with Gasteiger partial charge in [-0.3, -0.25) is 15.1 Å². The van der Waals surface area contributed by atoms with E-state index in [1.54, 1.807) is 6.07 Å². The predicted molar refractivity (Wildman–Crippen MR) is 78.7 cm³/mol. The molecular weight excluding hydrogens is 327 g/mol. The van der Waals surface area contributed by atoms with Gasteiger partial charge < -0.3 is 9.88 Å². The van der Waals surface area contributed by atoms with Crippen LogP contribution in [0.4, 0.5) is 24.5 Å². The fourth-order valence-electron chi connectivity index (χ4n) is 2.87. The lowest BCUT2D eigenvalue weighted by Gasteiger charge is -2.32. The summed E-state index contributed by atoms with van der Waals surface area (Å²) in [6.07, 6.45) is 0.160. The van der Waals surface area contributed by atoms with Crippen molar-refractivity contribution < 1.29 is 18.1 Å². The summed E-state index contributed by atoms with van der Waals surface area (Å²) in [5.74, 6) is 0.185. The summed E-state index contributed by atoms with van der Waals surface area (Å²) >= 11 is 0. The lowest BCUT2D eigenvalue weighted by atomic mass is 9.95. The first-order chi connectivity index (χ1) is 11.4. The number of imidazole rings is 1. The van der Waals surface area contributed by atoms with E-state index in [-0.39, 0.29) is 11.6 Å². The van der Waals surface area contributed by atoms with E-state index in [2.05, 4.69) is 15.0 Å². The Balaban J connectivity index is 1.70. The second kappa shape index (κ2) is 6.10. The fourth-order valence-corrected chi connectivity index (χ4v) is 2.87. The zero-order chi connectivity index (χ0) is 17.3. The quantitative estimate of drug-likeness (QED) is 0.684. The molecule has 0 spiro atoms. The molecule has 10 heteroatoms. The molecule has 0 bridgehead atoms. The number of aromatic nitrogens is 3. The Morgan fingerprint density at radius 3 is 2.58 bits per heavy atom. The molecule has 3 rings (SSSR count). The molecular formula is C14H14F3N5O2. The third-order valence-corrected chi connectivity index (χ3v) is 4.10. The van der Waals surface area contributed by atoms with Gasteiger partial charge in [0, 0.05) is 25.2 Å². The van der Waals surface area contributed by atoms with Crippen molar-refractivity contribution in [3.05, 3.63) is 46.3 Å². The zero-order valence-electron chi connectivity index (χ0n) is 12.5. The van der Waals surface area contributed by atoms with Crippen molar-refractivity contribution in [2.75, 3.05) is 18.0 Å². The Kier molecular flexibility index (Phi) is 4.12. The van der Waals surface area contributed by atoms with Crippen molar-refractivity contribution in [3.8, 4) is 0 Å². The third-order valence-electron chi connectivity index (χ3n) is 4.10. The minimum atomic E-state index is -4.44. The number of aromatic amines is 1. The number of H-pyrrole nitrogens is 1. The number of alkyl halides is 3. The van der Waals surface area contributed by atoms with Crippen LogP contribution in [0.1, 0.15) is 30.3 Å². The molecule has 1 N–H and O–H groups in total. The maximum Gasteiger partial charge on any atom is 0.432 e. The molecule has 0 unspecified atom stereocenters. The van der Waals surface area contributed by atoms with Gasteiger partial charge in [-0.2, -0.15) is 13.2 Å². The van der Waals surface area contributed by atoms with E-state index in [9.17, 15) is 23.3 Å². The molecule has 0 aromatic carbocycles. The molecule has 0 atom stereocenters. The zero-order valence-corrected chi connectivity index (χ0v) is 12.5. The van der Waals surface area contributed by atoms with E-state index in [0.717, 1.165) is 6.20 Å². The highest BCUT2D eigenvalue weighted by Crippen LogP contribution is 2.34. The van der Waals surface area contributed by atoms with Gasteiger partial charge in [-0.25, -0.2) is 4.98 Å². The van der Waals surface area contributed by atoms with Crippen LogP contribution in [0, 0.1) is 10.1 Å². The van der Waals surface area contributed by atoms with Crippen LogP contribution < -0.4 is 4.90 Å². The molecule has 24 heavy (non-hydrogen) atoms. The summed E-state index contributed by atoms with van der Waals surface area (Å²) in [6, 6.07) is 1.58. The molecule has 128 valence electrons. The highest BCUT2D eigenvalue weighted by atomic mass is 19.4. The number of nitro groups is 1. The minimum Gasteiger partial charge on any atom is -0.366 e. The number of hydrogen-bond donors (Lipinski definition) is 1. The first-order valence-corrected chi connectivity index (χ1v) is 7.31. The van der Waals surface area contributed by atoms with E-state index < -0.39 is 16.8 Å². The first kappa shape index (κ1) is 16.2. The van der Waals surface area contributed by atoms with E-state index in [1.165, 1.54) is 12.4 Å². The summed E-state index contributed by atoms with van der Waals surface area (Å²) in [7, 11) is 0. The number of pyridine rings is 1. The van der Waals surface area contributed by atoms with Crippen LogP contribution in [0.2, 0.25) is 0 Å². The second-order valence-corrected chi connectivity index (χ2v) is 5.56. The minimum absolute atomic E-state index is 0.0756. The van der Waals surface area contributed by atoms with Gasteiger partial charge in [-0.1, -0.05) is 0 Å². The van der Waals surface area contributed by atoms with Gasteiger partial charge in [0.15, 0.2) is 0 Å². The van der Waals surface area contributed by atoms with Crippen molar-refractivity contribution in [2.24, 2.45) is 0 Å². The maximum atomic E-state index is 12.6. The molecule has 2 aromatic rings. The van der Waals surface area contributed by atoms with Crippen LogP contribution >= 0.6 is 0 Å². The molecule has 0 radical (unpaired) electrons. The second-order valence-electron chi connectivity index (χ2n) is 5.56. The smallest absolute Gasteiger partial charge is 0.366 e. The molecule has 3 heterocycles. The van der Waals surface area contributed by atoms with Crippen molar-refractivity contribution in [3.63, 3.8) is 0 Å². The number of rotatable bonds is 3. The van der Waals surface area contributed by atoms with Gasteiger partial charge in [0.1, 0.15) is 23.4 Å². The molecule has 1 aliphatic heterocycles. The summed E-state index contributed by atoms with van der Waals surface area (Å²) in [6.45, 7) is 0.995. The van der Waals surface area contributed by atoms with Gasteiger partial charge in [-0.15, -0.1) is 0 Å². The summed E-state index contributed by atoms with van der Waals surface area (Å²) in [5, 5.41) is 11.1. The van der Waals surface area contributed by atoms with Crippen LogP contribution in [-0.2, 0) is 6.18 Å². The van der Waals surface area contributed by atoms with Crippen LogP contribution in [0.15, 0.2) is 24.7 Å². The number of hydrogen-bond acceptors (Lipinski definition) is 5. The predicted octanol–water partition coefficient (Wildman–Crippen LogP) is 3.12. The molecule has 0 aliphatic carbocycles. The van der Waals surface area contributed by atoms with Crippen molar-refractivity contribution in [1.82, 2.24) is 15.0 Å². The molecule has 0 saturated carbocycles. The Morgan fingerprint density at radius 1 is 1.29 bits per heavy atom. The van der Waals surface area contributed by atoms with Gasteiger partial charge in [0.2, 0.25) is 0 Å². The average Bonchev–Trinajstić information content (AvgIpc) is 3.05. The first-order valence-electron chi connectivity index (χ1n) is 7.31. The van der Waals surface area contributed by atoms with Gasteiger partial charge in [0.25, 0.3) is 0 Å². The average molecular weight is 341 g/mol.